The Balaban J connectivity index is 3.02. The topological polar surface area (TPSA) is 0 Å². The molecular weight excluding hydrogens is 140 g/mol. The number of hydrogen-bond donors (Lipinski definition) is 0. The molecule has 0 amide bonds. The molecule has 0 saturated carbocycles. The van der Waals surface area contributed by atoms with Crippen LogP contribution in [0, 0.1) is 12.2 Å². The van der Waals surface area contributed by atoms with E-state index in [1.54, 1.807) is 11.8 Å². The third-order valence-electron chi connectivity index (χ3n) is 1.29. The monoisotopic (exact) mass is 157 g/mol. The fourth-order valence-electron chi connectivity index (χ4n) is 0.683. The maximum atomic E-state index is 3.68. The maximum absolute atomic E-state index is 3.68. The van der Waals surface area contributed by atoms with Gasteiger partial charge in [-0.05, 0) is 18.8 Å². The summed E-state index contributed by atoms with van der Waals surface area (Å²) >= 11 is 1.62. The van der Waals surface area contributed by atoms with Crippen molar-refractivity contribution in [2.75, 3.05) is 5.75 Å². The first-order chi connectivity index (χ1) is 4.77. The highest BCUT2D eigenvalue weighted by atomic mass is 32.2. The van der Waals surface area contributed by atoms with Crippen molar-refractivity contribution < 1.29 is 0 Å². The van der Waals surface area contributed by atoms with Crippen molar-refractivity contribution in [3.8, 4) is 0 Å². The SMILES string of the molecule is [CH2]SCC=CCCC(C)C. The number of allylic oxidation sites excluding steroid dienone is 1. The molecule has 0 fully saturated rings. The largest absolute Gasteiger partial charge is 0.157 e. The second-order valence-corrected chi connectivity index (χ2v) is 3.55. The summed E-state index contributed by atoms with van der Waals surface area (Å²) in [5.74, 6) is 1.88. The molecule has 1 heteroatoms. The zero-order chi connectivity index (χ0) is 7.82. The highest BCUT2D eigenvalue weighted by Gasteiger charge is 1.88. The summed E-state index contributed by atoms with van der Waals surface area (Å²) in [7, 11) is 0. The van der Waals surface area contributed by atoms with E-state index >= 15 is 0 Å². The zero-order valence-corrected chi connectivity index (χ0v) is 7.79. The van der Waals surface area contributed by atoms with E-state index in [-0.39, 0.29) is 0 Å². The molecule has 0 aliphatic heterocycles. The van der Waals surface area contributed by atoms with E-state index in [2.05, 4.69) is 32.3 Å². The van der Waals surface area contributed by atoms with Gasteiger partial charge >= 0.3 is 0 Å². The molecule has 10 heavy (non-hydrogen) atoms. The van der Waals surface area contributed by atoms with Crippen molar-refractivity contribution in [2.24, 2.45) is 5.92 Å². The van der Waals surface area contributed by atoms with Crippen molar-refractivity contribution in [3.05, 3.63) is 18.4 Å². The molecule has 0 bridgehead atoms. The Hall–Kier alpha value is 0.0900. The molecule has 0 unspecified atom stereocenters. The molecule has 0 spiro atoms. The van der Waals surface area contributed by atoms with Crippen molar-refractivity contribution >= 4 is 11.8 Å². The first-order valence-electron chi connectivity index (χ1n) is 3.79. The maximum Gasteiger partial charge on any atom is 0.0113 e. The first kappa shape index (κ1) is 10.1. The molecule has 1 radical (unpaired) electrons. The minimum atomic E-state index is 0.831. The summed E-state index contributed by atoms with van der Waals surface area (Å²) < 4.78 is 0. The second-order valence-electron chi connectivity index (χ2n) is 2.81. The minimum absolute atomic E-state index is 0.831. The zero-order valence-electron chi connectivity index (χ0n) is 6.97. The van der Waals surface area contributed by atoms with Crippen LogP contribution in [0.15, 0.2) is 12.2 Å². The minimum Gasteiger partial charge on any atom is -0.157 e. The van der Waals surface area contributed by atoms with Crippen LogP contribution in [0.2, 0.25) is 0 Å². The Bertz CT molecular complexity index is 84.7. The number of thioether (sulfide) groups is 1. The Morgan fingerprint density at radius 2 is 2.10 bits per heavy atom. The first-order valence-corrected chi connectivity index (χ1v) is 4.94. The van der Waals surface area contributed by atoms with Gasteiger partial charge in [-0.1, -0.05) is 26.0 Å². The van der Waals surface area contributed by atoms with Crippen LogP contribution in [0.1, 0.15) is 26.7 Å². The van der Waals surface area contributed by atoms with Crippen molar-refractivity contribution in [1.29, 1.82) is 0 Å². The lowest BCUT2D eigenvalue weighted by Crippen LogP contribution is -1.83. The summed E-state index contributed by atoms with van der Waals surface area (Å²) in [6, 6.07) is 0. The predicted molar refractivity (Wildman–Crippen MR) is 51.0 cm³/mol. The van der Waals surface area contributed by atoms with E-state index < -0.39 is 0 Å². The third kappa shape index (κ3) is 8.09. The second kappa shape index (κ2) is 7.20. The predicted octanol–water partition coefficient (Wildman–Crippen LogP) is 3.50. The number of hydrogen-bond acceptors (Lipinski definition) is 1. The molecule has 0 rings (SSSR count). The van der Waals surface area contributed by atoms with E-state index in [1.807, 2.05) is 0 Å². The normalized spacial score (nSPS) is 11.6. The van der Waals surface area contributed by atoms with Gasteiger partial charge in [0.25, 0.3) is 0 Å². The molecule has 0 N–H and O–H groups in total. The molecule has 0 aliphatic carbocycles. The van der Waals surface area contributed by atoms with Gasteiger partial charge in [0.15, 0.2) is 0 Å². The standard InChI is InChI=1S/C9H17S/c1-9(2)7-5-4-6-8-10-3/h4,6,9H,3,5,7-8H2,1-2H3. The summed E-state index contributed by atoms with van der Waals surface area (Å²) in [4.78, 5) is 0. The highest BCUT2D eigenvalue weighted by Crippen LogP contribution is 2.04. The molecule has 0 saturated heterocycles. The Morgan fingerprint density at radius 3 is 2.60 bits per heavy atom. The molecule has 59 valence electrons. The summed E-state index contributed by atoms with van der Waals surface area (Å²) in [5.41, 5.74) is 0. The van der Waals surface area contributed by atoms with Crippen molar-refractivity contribution in [3.63, 3.8) is 0 Å². The average Bonchev–Trinajstić information content (AvgIpc) is 1.87. The van der Waals surface area contributed by atoms with E-state index in [9.17, 15) is 0 Å². The molecule has 0 aromatic rings. The van der Waals surface area contributed by atoms with E-state index in [0.29, 0.717) is 0 Å². The summed E-state index contributed by atoms with van der Waals surface area (Å²) in [5, 5.41) is 0. The third-order valence-corrected chi connectivity index (χ3v) is 1.72. The Kier molecular flexibility index (Phi) is 7.26. The lowest BCUT2D eigenvalue weighted by molar-refractivity contribution is 0.594. The van der Waals surface area contributed by atoms with Crippen LogP contribution >= 0.6 is 11.8 Å². The highest BCUT2D eigenvalue weighted by molar-refractivity contribution is 8.00. The van der Waals surface area contributed by atoms with Gasteiger partial charge in [-0.15, -0.1) is 0 Å². The van der Waals surface area contributed by atoms with Crippen LogP contribution in [0.5, 0.6) is 0 Å². The van der Waals surface area contributed by atoms with Gasteiger partial charge in [-0.3, -0.25) is 0 Å². The fourth-order valence-corrected chi connectivity index (χ4v) is 0.956. The molecular formula is C9H17S. The van der Waals surface area contributed by atoms with Crippen LogP contribution in [-0.2, 0) is 0 Å². The van der Waals surface area contributed by atoms with Crippen LogP contribution in [0.3, 0.4) is 0 Å². The summed E-state index contributed by atoms with van der Waals surface area (Å²) in [6.45, 7) is 4.51. The van der Waals surface area contributed by atoms with Crippen LogP contribution in [0.25, 0.3) is 0 Å². The quantitative estimate of drug-likeness (QED) is 0.550. The molecule has 0 atom stereocenters. The van der Waals surface area contributed by atoms with E-state index in [4.69, 9.17) is 0 Å². The van der Waals surface area contributed by atoms with E-state index in [1.165, 1.54) is 12.8 Å². The fraction of sp³-hybridized carbons (Fsp3) is 0.667. The lowest BCUT2D eigenvalue weighted by atomic mass is 10.1. The van der Waals surface area contributed by atoms with Crippen LogP contribution in [0.4, 0.5) is 0 Å². The van der Waals surface area contributed by atoms with Gasteiger partial charge in [-0.2, -0.15) is 11.8 Å². The van der Waals surface area contributed by atoms with Gasteiger partial charge in [0.2, 0.25) is 0 Å². The van der Waals surface area contributed by atoms with E-state index in [0.717, 1.165) is 11.7 Å². The molecule has 0 aromatic heterocycles. The molecule has 0 aliphatic rings. The average molecular weight is 157 g/mol. The number of rotatable bonds is 5. The summed E-state index contributed by atoms with van der Waals surface area (Å²) in [6.07, 6.45) is 10.7. The van der Waals surface area contributed by atoms with Crippen molar-refractivity contribution in [1.82, 2.24) is 0 Å². The molecule has 0 aromatic carbocycles. The lowest BCUT2D eigenvalue weighted by Gasteiger charge is -1.98. The Morgan fingerprint density at radius 1 is 1.40 bits per heavy atom. The van der Waals surface area contributed by atoms with Gasteiger partial charge < -0.3 is 0 Å². The Labute approximate surface area is 69.1 Å². The smallest absolute Gasteiger partial charge is 0.0113 e. The molecule has 0 nitrogen and oxygen atoms in total. The van der Waals surface area contributed by atoms with Crippen LogP contribution in [-0.4, -0.2) is 5.75 Å². The van der Waals surface area contributed by atoms with Crippen molar-refractivity contribution in [2.45, 2.75) is 26.7 Å². The van der Waals surface area contributed by atoms with Crippen LogP contribution < -0.4 is 0 Å². The molecule has 0 heterocycles. The van der Waals surface area contributed by atoms with Gasteiger partial charge in [0.05, 0.1) is 0 Å². The van der Waals surface area contributed by atoms with Gasteiger partial charge in [0, 0.05) is 12.0 Å². The van der Waals surface area contributed by atoms with Gasteiger partial charge in [-0.25, -0.2) is 0 Å². The van der Waals surface area contributed by atoms with Gasteiger partial charge in [0.1, 0.15) is 0 Å².